The van der Waals surface area contributed by atoms with Gasteiger partial charge in [-0.05, 0) is 78.2 Å². The fourth-order valence-electron chi connectivity index (χ4n) is 7.34. The van der Waals surface area contributed by atoms with Crippen LogP contribution in [0.25, 0.3) is 11.1 Å². The molecule has 2 aromatic heterocycles. The summed E-state index contributed by atoms with van der Waals surface area (Å²) in [6, 6.07) is 28.7. The monoisotopic (exact) mass is 790 g/mol. The number of fused-ring (bicyclic) bond motifs is 4. The summed E-state index contributed by atoms with van der Waals surface area (Å²) in [5.41, 5.74) is 13.5. The van der Waals surface area contributed by atoms with Gasteiger partial charge in [-0.2, -0.15) is 0 Å². The first-order valence-corrected chi connectivity index (χ1v) is 19.1. The number of rotatable bonds is 12. The third-order valence-electron chi connectivity index (χ3n) is 10.3. The van der Waals surface area contributed by atoms with Crippen molar-refractivity contribution in [2.24, 2.45) is 19.1 Å². The van der Waals surface area contributed by atoms with E-state index in [1.807, 2.05) is 42.6 Å². The summed E-state index contributed by atoms with van der Waals surface area (Å²) in [6.07, 6.45) is 6.61. The van der Waals surface area contributed by atoms with Gasteiger partial charge in [0, 0.05) is 79.9 Å². The third-order valence-corrected chi connectivity index (χ3v) is 10.3. The molecule has 2 aliphatic heterocycles. The molecule has 298 valence electrons. The van der Waals surface area contributed by atoms with Crippen molar-refractivity contribution in [3.05, 3.63) is 132 Å². The predicted octanol–water partition coefficient (Wildman–Crippen LogP) is 7.21. The molecule has 5 N–H and O–H groups in total. The number of aliphatic imine (C=N–C) groups is 1. The Morgan fingerprint density at radius 1 is 0.780 bits per heavy atom. The largest absolute Gasteiger partial charge is 0.493 e. The van der Waals surface area contributed by atoms with Crippen LogP contribution in [0.15, 0.2) is 114 Å². The number of anilines is 5. The van der Waals surface area contributed by atoms with Gasteiger partial charge < -0.3 is 40.3 Å². The van der Waals surface area contributed by atoms with E-state index in [2.05, 4.69) is 20.9 Å². The molecule has 0 aliphatic carbocycles. The van der Waals surface area contributed by atoms with Gasteiger partial charge in [-0.25, -0.2) is 0 Å². The van der Waals surface area contributed by atoms with Crippen LogP contribution in [0.5, 0.6) is 11.5 Å². The molecule has 4 aromatic carbocycles. The molecule has 6 aromatic rings. The van der Waals surface area contributed by atoms with Crippen LogP contribution >= 0.6 is 0 Å². The van der Waals surface area contributed by atoms with Crippen molar-refractivity contribution in [3.63, 3.8) is 0 Å². The lowest BCUT2D eigenvalue weighted by Crippen LogP contribution is -2.37. The van der Waals surface area contributed by atoms with Crippen LogP contribution in [-0.2, 0) is 25.3 Å². The zero-order valence-corrected chi connectivity index (χ0v) is 32.7. The van der Waals surface area contributed by atoms with Crippen LogP contribution in [-0.4, -0.2) is 58.7 Å². The summed E-state index contributed by atoms with van der Waals surface area (Å²) in [6.45, 7) is 0.217. The van der Waals surface area contributed by atoms with Gasteiger partial charge in [0.25, 0.3) is 17.7 Å². The van der Waals surface area contributed by atoms with Gasteiger partial charge in [0.15, 0.2) is 11.5 Å². The number of nitrogens with two attached hydrogens (primary N) is 1. The number of hydrogen-bond acceptors (Lipinski definition) is 8. The van der Waals surface area contributed by atoms with Crippen molar-refractivity contribution < 1.29 is 28.7 Å². The molecule has 0 fully saturated rings. The second kappa shape index (κ2) is 16.1. The molecule has 1 unspecified atom stereocenters. The maximum absolute atomic E-state index is 13.7. The van der Waals surface area contributed by atoms with Crippen LogP contribution < -0.4 is 36.1 Å². The summed E-state index contributed by atoms with van der Waals surface area (Å²) >= 11 is 0. The minimum atomic E-state index is -0.346. The highest BCUT2D eigenvalue weighted by atomic mass is 16.5. The van der Waals surface area contributed by atoms with E-state index in [9.17, 15) is 19.2 Å². The fourth-order valence-corrected chi connectivity index (χ4v) is 7.34. The molecule has 0 spiro atoms. The Labute approximate surface area is 340 Å². The number of methoxy groups -OCH3 is 1. The van der Waals surface area contributed by atoms with E-state index < -0.39 is 0 Å². The molecule has 4 heterocycles. The Bertz CT molecular complexity index is 2630. The molecule has 59 heavy (non-hydrogen) atoms. The van der Waals surface area contributed by atoms with Gasteiger partial charge >= 0.3 is 0 Å². The van der Waals surface area contributed by atoms with E-state index >= 15 is 0 Å². The minimum absolute atomic E-state index is 0.150. The highest BCUT2D eigenvalue weighted by Gasteiger charge is 2.36. The Balaban J connectivity index is 0.827. The van der Waals surface area contributed by atoms with Crippen molar-refractivity contribution in [1.82, 2.24) is 9.13 Å². The molecule has 0 saturated carbocycles. The summed E-state index contributed by atoms with van der Waals surface area (Å²) in [7, 11) is 5.05. The van der Waals surface area contributed by atoms with Gasteiger partial charge in [0.05, 0.1) is 36.7 Å². The van der Waals surface area contributed by atoms with E-state index in [0.29, 0.717) is 69.7 Å². The van der Waals surface area contributed by atoms with Gasteiger partial charge in [0.1, 0.15) is 11.4 Å². The van der Waals surface area contributed by atoms with E-state index in [1.165, 1.54) is 7.11 Å². The molecule has 2 aliphatic rings. The lowest BCUT2D eigenvalue weighted by molar-refractivity contribution is -0.116. The Kier molecular flexibility index (Phi) is 10.4. The SMILES string of the molecule is COc1cc2c(cc1OCCCC(=O)Nc1cc(C(=O)Nc3ccc(-c4cc(C(=O)Nc5ccc(N)cc5)n(C)c4)cc3)n(C)c1)N=CC1Cc3ccccc3N1C2=O. The maximum atomic E-state index is 13.7. The number of benzene rings is 4. The first-order valence-electron chi connectivity index (χ1n) is 19.1. The number of para-hydroxylation sites is 1. The molecule has 4 amide bonds. The quantitative estimate of drug-likeness (QED) is 0.0749. The number of carbonyl (C=O) groups is 4. The number of carbonyl (C=O) groups excluding carboxylic acids is 4. The first kappa shape index (κ1) is 38.3. The molecule has 1 atom stereocenters. The molecule has 8 rings (SSSR count). The number of amides is 4. The average molecular weight is 791 g/mol. The zero-order chi connectivity index (χ0) is 41.2. The number of ether oxygens (including phenoxy) is 2. The number of hydrogen-bond donors (Lipinski definition) is 4. The van der Waals surface area contributed by atoms with E-state index in [0.717, 1.165) is 22.4 Å². The first-order chi connectivity index (χ1) is 28.5. The van der Waals surface area contributed by atoms with Crippen LogP contribution in [0.2, 0.25) is 0 Å². The van der Waals surface area contributed by atoms with Crippen LogP contribution in [0, 0.1) is 0 Å². The Morgan fingerprint density at radius 3 is 2.19 bits per heavy atom. The van der Waals surface area contributed by atoms with Crippen LogP contribution in [0.3, 0.4) is 0 Å². The lowest BCUT2D eigenvalue weighted by Gasteiger charge is -2.22. The highest BCUT2D eigenvalue weighted by molar-refractivity contribution is 6.15. The molecule has 0 bridgehead atoms. The number of aryl methyl sites for hydroxylation is 2. The van der Waals surface area contributed by atoms with Gasteiger partial charge in [-0.1, -0.05) is 30.3 Å². The van der Waals surface area contributed by atoms with E-state index in [4.69, 9.17) is 15.2 Å². The van der Waals surface area contributed by atoms with Crippen molar-refractivity contribution in [2.75, 3.05) is 40.3 Å². The second-order valence-corrected chi connectivity index (χ2v) is 14.4. The van der Waals surface area contributed by atoms with Gasteiger partial charge in [-0.3, -0.25) is 29.1 Å². The molecular formula is C45H42N8O6. The van der Waals surface area contributed by atoms with Crippen LogP contribution in [0.4, 0.5) is 34.1 Å². The number of nitrogen functional groups attached to an aromatic ring is 1. The summed E-state index contributed by atoms with van der Waals surface area (Å²) < 4.78 is 15.0. The lowest BCUT2D eigenvalue weighted by atomic mass is 10.1. The van der Waals surface area contributed by atoms with Crippen molar-refractivity contribution in [2.45, 2.75) is 25.3 Å². The number of nitrogens with one attached hydrogen (secondary N) is 3. The van der Waals surface area contributed by atoms with Crippen molar-refractivity contribution in [1.29, 1.82) is 0 Å². The third kappa shape index (κ3) is 8.01. The fraction of sp³-hybridized carbons (Fsp3) is 0.178. The predicted molar refractivity (Wildman–Crippen MR) is 228 cm³/mol. The second-order valence-electron chi connectivity index (χ2n) is 14.4. The topological polar surface area (TPSA) is 174 Å². The number of aromatic nitrogens is 2. The Morgan fingerprint density at radius 2 is 1.46 bits per heavy atom. The maximum Gasteiger partial charge on any atom is 0.272 e. The van der Waals surface area contributed by atoms with Crippen molar-refractivity contribution in [3.8, 4) is 22.6 Å². The summed E-state index contributed by atoms with van der Waals surface area (Å²) in [4.78, 5) is 59.2. The van der Waals surface area contributed by atoms with Crippen molar-refractivity contribution >= 4 is 64.0 Å². The molecular weight excluding hydrogens is 749 g/mol. The normalized spacial score (nSPS) is 13.8. The van der Waals surface area contributed by atoms with Crippen LogP contribution in [0.1, 0.15) is 49.7 Å². The molecule has 14 nitrogen and oxygen atoms in total. The Hall–Kier alpha value is -7.61. The van der Waals surface area contributed by atoms with E-state index in [-0.39, 0.29) is 42.7 Å². The van der Waals surface area contributed by atoms with Gasteiger partial charge in [-0.15, -0.1) is 0 Å². The minimum Gasteiger partial charge on any atom is -0.493 e. The zero-order valence-electron chi connectivity index (χ0n) is 32.7. The number of nitrogens with zero attached hydrogens (tertiary/aromatic N) is 4. The molecule has 0 radical (unpaired) electrons. The molecule has 14 heteroatoms. The highest BCUT2D eigenvalue weighted by Crippen LogP contribution is 2.41. The van der Waals surface area contributed by atoms with Gasteiger partial charge in [0.2, 0.25) is 5.91 Å². The molecule has 0 saturated heterocycles. The standard InChI is InChI=1S/C45H42N8O6/c1-51-25-29(20-38(51)43(55)50-32-16-12-30(46)13-17-32)27-10-14-31(15-11-27)49-44(56)39-21-33(26-52(39)2)48-42(54)9-6-18-59-41-23-36-35(22-40(41)58-3)45(57)53-34(24-47-36)19-28-7-4-5-8-37(28)53/h4-5,7-8,10-17,20-26,34H,6,9,18-19,46H2,1-3H3,(H,48,54)(H,49,56)(H,50,55). The smallest absolute Gasteiger partial charge is 0.272 e. The van der Waals surface area contributed by atoms with E-state index in [1.54, 1.807) is 101 Å². The average Bonchev–Trinajstić information content (AvgIpc) is 3.90. The summed E-state index contributed by atoms with van der Waals surface area (Å²) in [5, 5.41) is 8.65. The summed E-state index contributed by atoms with van der Waals surface area (Å²) in [5.74, 6) is -0.155.